The van der Waals surface area contributed by atoms with Gasteiger partial charge in [0.2, 0.25) is 0 Å². The summed E-state index contributed by atoms with van der Waals surface area (Å²) in [5, 5.41) is 20.4. The number of nitrogens with two attached hydrogens (primary N) is 1. The SMILES string of the molecule is C=CCNc1ncnc(N(CC#N)CC#N)c1N. The third kappa shape index (κ3) is 3.09. The molecule has 0 aliphatic carbocycles. The highest BCUT2D eigenvalue weighted by molar-refractivity contribution is 5.75. The Kier molecular flexibility index (Phi) is 4.95. The largest absolute Gasteiger partial charge is 0.393 e. The molecule has 0 saturated heterocycles. The summed E-state index contributed by atoms with van der Waals surface area (Å²) in [6.45, 7) is 4.16. The van der Waals surface area contributed by atoms with Crippen LogP contribution in [-0.2, 0) is 0 Å². The lowest BCUT2D eigenvalue weighted by molar-refractivity contribution is 0.928. The summed E-state index contributed by atoms with van der Waals surface area (Å²) in [7, 11) is 0. The average Bonchev–Trinajstić information content (AvgIpc) is 2.37. The van der Waals surface area contributed by atoms with Crippen molar-refractivity contribution in [3.8, 4) is 12.1 Å². The standard InChI is InChI=1S/C11H13N7/c1-2-5-15-10-9(14)11(17-8-16-10)18(6-3-12)7-4-13/h2,8H,1,5-7,14H2,(H,15,16,17). The van der Waals surface area contributed by atoms with Crippen LogP contribution in [0.4, 0.5) is 17.3 Å². The van der Waals surface area contributed by atoms with Crippen molar-refractivity contribution in [1.29, 1.82) is 10.5 Å². The van der Waals surface area contributed by atoms with E-state index in [4.69, 9.17) is 16.3 Å². The van der Waals surface area contributed by atoms with Gasteiger partial charge in [-0.1, -0.05) is 6.08 Å². The van der Waals surface area contributed by atoms with Crippen molar-refractivity contribution in [2.75, 3.05) is 35.6 Å². The van der Waals surface area contributed by atoms with Crippen molar-refractivity contribution in [3.63, 3.8) is 0 Å². The van der Waals surface area contributed by atoms with E-state index < -0.39 is 0 Å². The maximum Gasteiger partial charge on any atom is 0.159 e. The maximum absolute atomic E-state index is 8.71. The van der Waals surface area contributed by atoms with Gasteiger partial charge in [0.1, 0.15) is 25.1 Å². The first-order chi connectivity index (χ1) is 8.74. The number of hydrogen-bond acceptors (Lipinski definition) is 7. The summed E-state index contributed by atoms with van der Waals surface area (Å²) in [6, 6.07) is 3.93. The molecule has 0 bridgehead atoms. The highest BCUT2D eigenvalue weighted by atomic mass is 15.2. The van der Waals surface area contributed by atoms with E-state index in [1.54, 1.807) is 6.08 Å². The third-order valence-corrected chi connectivity index (χ3v) is 2.10. The second kappa shape index (κ2) is 6.71. The van der Waals surface area contributed by atoms with Crippen LogP contribution in [0.2, 0.25) is 0 Å². The van der Waals surface area contributed by atoms with E-state index in [9.17, 15) is 0 Å². The molecule has 0 aliphatic heterocycles. The topological polar surface area (TPSA) is 115 Å². The zero-order valence-corrected chi connectivity index (χ0v) is 9.80. The van der Waals surface area contributed by atoms with Crippen molar-refractivity contribution >= 4 is 17.3 Å². The first-order valence-electron chi connectivity index (χ1n) is 5.18. The molecular weight excluding hydrogens is 230 g/mol. The van der Waals surface area contributed by atoms with Crippen LogP contribution in [0.25, 0.3) is 0 Å². The molecule has 1 rings (SSSR count). The molecule has 1 aromatic rings. The third-order valence-electron chi connectivity index (χ3n) is 2.10. The molecule has 0 aromatic carbocycles. The number of nitrogen functional groups attached to an aromatic ring is 1. The number of nitrogens with one attached hydrogen (secondary N) is 1. The molecular formula is C11H13N7. The summed E-state index contributed by atoms with van der Waals surface area (Å²) in [5.74, 6) is 0.834. The zero-order chi connectivity index (χ0) is 13.4. The molecule has 0 radical (unpaired) electrons. The van der Waals surface area contributed by atoms with Crippen molar-refractivity contribution in [1.82, 2.24) is 9.97 Å². The molecule has 0 amide bonds. The van der Waals surface area contributed by atoms with Gasteiger partial charge in [0, 0.05) is 6.54 Å². The van der Waals surface area contributed by atoms with Crippen LogP contribution in [0.5, 0.6) is 0 Å². The molecule has 18 heavy (non-hydrogen) atoms. The quantitative estimate of drug-likeness (QED) is 0.552. The number of rotatable bonds is 6. The molecule has 1 heterocycles. The van der Waals surface area contributed by atoms with Crippen molar-refractivity contribution < 1.29 is 0 Å². The van der Waals surface area contributed by atoms with E-state index in [0.717, 1.165) is 0 Å². The Hall–Kier alpha value is -2.80. The van der Waals surface area contributed by atoms with E-state index in [1.807, 2.05) is 12.1 Å². The molecule has 7 heteroatoms. The zero-order valence-electron chi connectivity index (χ0n) is 9.80. The van der Waals surface area contributed by atoms with E-state index in [2.05, 4.69) is 21.9 Å². The lowest BCUT2D eigenvalue weighted by Gasteiger charge is -2.19. The van der Waals surface area contributed by atoms with Crippen LogP contribution >= 0.6 is 0 Å². The molecule has 0 fully saturated rings. The highest BCUT2D eigenvalue weighted by Gasteiger charge is 2.14. The van der Waals surface area contributed by atoms with Gasteiger partial charge >= 0.3 is 0 Å². The Balaban J connectivity index is 3.04. The van der Waals surface area contributed by atoms with Gasteiger partial charge in [-0.2, -0.15) is 10.5 Å². The first-order valence-corrected chi connectivity index (χ1v) is 5.18. The van der Waals surface area contributed by atoms with Crippen LogP contribution in [-0.4, -0.2) is 29.6 Å². The van der Waals surface area contributed by atoms with Crippen LogP contribution in [0.1, 0.15) is 0 Å². The smallest absolute Gasteiger partial charge is 0.159 e. The Morgan fingerprint density at radius 3 is 2.61 bits per heavy atom. The molecule has 0 saturated carbocycles. The lowest BCUT2D eigenvalue weighted by Crippen LogP contribution is -2.26. The second-order valence-electron chi connectivity index (χ2n) is 3.30. The average molecular weight is 243 g/mol. The van der Waals surface area contributed by atoms with Gasteiger partial charge in [-0.15, -0.1) is 6.58 Å². The fraction of sp³-hybridized carbons (Fsp3) is 0.273. The minimum absolute atomic E-state index is 0.0374. The molecule has 92 valence electrons. The molecule has 0 atom stereocenters. The molecule has 0 unspecified atom stereocenters. The van der Waals surface area contributed by atoms with Crippen LogP contribution in [0, 0.1) is 22.7 Å². The second-order valence-corrected chi connectivity index (χ2v) is 3.30. The lowest BCUT2D eigenvalue weighted by atomic mass is 10.3. The number of hydrogen-bond donors (Lipinski definition) is 2. The van der Waals surface area contributed by atoms with Gasteiger partial charge in [-0.25, -0.2) is 9.97 Å². The fourth-order valence-corrected chi connectivity index (χ4v) is 1.32. The Bertz CT molecular complexity index is 481. The summed E-state index contributed by atoms with van der Waals surface area (Å²) in [4.78, 5) is 9.48. The van der Waals surface area contributed by atoms with Crippen molar-refractivity contribution in [2.24, 2.45) is 0 Å². The minimum Gasteiger partial charge on any atom is -0.393 e. The monoisotopic (exact) mass is 243 g/mol. The highest BCUT2D eigenvalue weighted by Crippen LogP contribution is 2.25. The predicted octanol–water partition coefficient (Wildman–Crippen LogP) is 0.510. The summed E-state index contributed by atoms with van der Waals surface area (Å²) in [6.07, 6.45) is 3.00. The van der Waals surface area contributed by atoms with Crippen molar-refractivity contribution in [2.45, 2.75) is 0 Å². The van der Waals surface area contributed by atoms with E-state index >= 15 is 0 Å². The van der Waals surface area contributed by atoms with Crippen LogP contribution < -0.4 is 16.0 Å². The number of nitriles is 2. The molecule has 0 aliphatic rings. The summed E-state index contributed by atoms with van der Waals surface area (Å²) in [5.41, 5.74) is 6.21. The molecule has 7 nitrogen and oxygen atoms in total. The van der Waals surface area contributed by atoms with Gasteiger partial charge < -0.3 is 16.0 Å². The van der Waals surface area contributed by atoms with Gasteiger partial charge in [0.05, 0.1) is 12.1 Å². The van der Waals surface area contributed by atoms with Gasteiger partial charge in [0.25, 0.3) is 0 Å². The number of nitrogens with zero attached hydrogens (tertiary/aromatic N) is 5. The number of aromatic nitrogens is 2. The Morgan fingerprint density at radius 1 is 1.39 bits per heavy atom. The van der Waals surface area contributed by atoms with Crippen LogP contribution in [0.15, 0.2) is 19.0 Å². The molecule has 1 aromatic heterocycles. The van der Waals surface area contributed by atoms with Gasteiger partial charge in [-0.05, 0) is 0 Å². The van der Waals surface area contributed by atoms with Crippen molar-refractivity contribution in [3.05, 3.63) is 19.0 Å². The van der Waals surface area contributed by atoms with Gasteiger partial charge in [0.15, 0.2) is 11.6 Å². The molecule has 0 spiro atoms. The predicted molar refractivity (Wildman–Crippen MR) is 68.6 cm³/mol. The normalized spacial score (nSPS) is 9.00. The maximum atomic E-state index is 8.71. The van der Waals surface area contributed by atoms with E-state index in [1.165, 1.54) is 11.2 Å². The minimum atomic E-state index is 0.0374. The Morgan fingerprint density at radius 2 is 2.06 bits per heavy atom. The molecule has 3 N–H and O–H groups in total. The first kappa shape index (κ1) is 13.3. The van der Waals surface area contributed by atoms with E-state index in [0.29, 0.717) is 23.9 Å². The van der Waals surface area contributed by atoms with Crippen LogP contribution in [0.3, 0.4) is 0 Å². The van der Waals surface area contributed by atoms with E-state index in [-0.39, 0.29) is 13.1 Å². The summed E-state index contributed by atoms with van der Waals surface area (Å²) < 4.78 is 0. The number of anilines is 3. The van der Waals surface area contributed by atoms with Gasteiger partial charge in [-0.3, -0.25) is 0 Å². The fourth-order valence-electron chi connectivity index (χ4n) is 1.32. The Labute approximate surface area is 105 Å². The summed E-state index contributed by atoms with van der Waals surface area (Å²) >= 11 is 0.